The van der Waals surface area contributed by atoms with Gasteiger partial charge in [-0.15, -0.1) is 0 Å². The van der Waals surface area contributed by atoms with Crippen LogP contribution in [0.5, 0.6) is 0 Å². The van der Waals surface area contributed by atoms with Crippen LogP contribution in [0.25, 0.3) is 0 Å². The minimum atomic E-state index is 0.170. The zero-order valence-electron chi connectivity index (χ0n) is 13.4. The van der Waals surface area contributed by atoms with Gasteiger partial charge in [0, 0.05) is 22.4 Å². The van der Waals surface area contributed by atoms with E-state index in [-0.39, 0.29) is 17.4 Å². The molecule has 1 unspecified atom stereocenters. The average molecular weight is 364 g/mol. The van der Waals surface area contributed by atoms with E-state index < -0.39 is 0 Å². The van der Waals surface area contributed by atoms with Crippen LogP contribution in [0, 0.1) is 5.92 Å². The molecule has 0 spiro atoms. The van der Waals surface area contributed by atoms with Crippen LogP contribution in [0.2, 0.25) is 0 Å². The van der Waals surface area contributed by atoms with Crippen molar-refractivity contribution in [1.82, 2.24) is 5.32 Å². The van der Waals surface area contributed by atoms with E-state index in [1.165, 1.54) is 50.5 Å². The van der Waals surface area contributed by atoms with Crippen LogP contribution >= 0.6 is 15.9 Å². The Kier molecular flexibility index (Phi) is 4.91. The molecule has 0 saturated heterocycles. The van der Waals surface area contributed by atoms with Gasteiger partial charge in [-0.05, 0) is 56.2 Å². The zero-order chi connectivity index (χ0) is 15.6. The van der Waals surface area contributed by atoms with E-state index in [1.54, 1.807) is 0 Å². The van der Waals surface area contributed by atoms with Crippen LogP contribution in [0.1, 0.15) is 63.9 Å². The van der Waals surface area contributed by atoms with Gasteiger partial charge < -0.3 is 5.32 Å². The molecule has 2 fully saturated rings. The summed E-state index contributed by atoms with van der Waals surface area (Å²) in [5.74, 6) is 0.867. The molecule has 1 N–H and O–H groups in total. The molecule has 2 aliphatic rings. The molecule has 0 aliphatic heterocycles. The van der Waals surface area contributed by atoms with Crippen LogP contribution in [0.15, 0.2) is 28.7 Å². The quantitative estimate of drug-likeness (QED) is 0.787. The lowest BCUT2D eigenvalue weighted by molar-refractivity contribution is -0.123. The number of rotatable bonds is 5. The summed E-state index contributed by atoms with van der Waals surface area (Å²) in [5, 5.41) is 3.29. The molecule has 120 valence electrons. The highest BCUT2D eigenvalue weighted by Crippen LogP contribution is 2.51. The maximum absolute atomic E-state index is 12.4. The first-order chi connectivity index (χ1) is 10.6. The number of carbonyl (C=O) groups excluding carboxylic acids is 1. The van der Waals surface area contributed by atoms with Crippen molar-refractivity contribution in [1.29, 1.82) is 0 Å². The number of hydrogen-bond acceptors (Lipinski definition) is 1. The van der Waals surface area contributed by atoms with Crippen molar-refractivity contribution in [3.63, 3.8) is 0 Å². The van der Waals surface area contributed by atoms with Crippen molar-refractivity contribution in [3.8, 4) is 0 Å². The zero-order valence-corrected chi connectivity index (χ0v) is 15.0. The lowest BCUT2D eigenvalue weighted by Crippen LogP contribution is -2.42. The molecular weight excluding hydrogens is 338 g/mol. The summed E-state index contributed by atoms with van der Waals surface area (Å²) in [7, 11) is 0. The molecule has 0 bridgehead atoms. The van der Waals surface area contributed by atoms with Gasteiger partial charge in [0.05, 0.1) is 0 Å². The van der Waals surface area contributed by atoms with E-state index in [2.05, 4.69) is 52.4 Å². The first-order valence-electron chi connectivity index (χ1n) is 8.65. The highest BCUT2D eigenvalue weighted by Gasteiger charge is 2.49. The van der Waals surface area contributed by atoms with Gasteiger partial charge in [-0.1, -0.05) is 47.3 Å². The maximum Gasteiger partial charge on any atom is 0.220 e. The third kappa shape index (κ3) is 3.56. The lowest BCUT2D eigenvalue weighted by Gasteiger charge is -2.27. The Morgan fingerprint density at radius 3 is 2.45 bits per heavy atom. The molecular formula is C19H26BrNO. The van der Waals surface area contributed by atoms with Crippen molar-refractivity contribution in [2.24, 2.45) is 5.92 Å². The number of amides is 1. The van der Waals surface area contributed by atoms with Crippen molar-refractivity contribution < 1.29 is 4.79 Å². The lowest BCUT2D eigenvalue weighted by atomic mass is 9.86. The summed E-state index contributed by atoms with van der Waals surface area (Å²) < 4.78 is 1.11. The normalized spacial score (nSPS) is 22.1. The molecule has 3 rings (SSSR count). The summed E-state index contributed by atoms with van der Waals surface area (Å²) in [4.78, 5) is 12.4. The topological polar surface area (TPSA) is 29.1 Å². The Labute approximate surface area is 142 Å². The highest BCUT2D eigenvalue weighted by atomic mass is 79.9. The predicted molar refractivity (Wildman–Crippen MR) is 93.9 cm³/mol. The van der Waals surface area contributed by atoms with Gasteiger partial charge in [-0.3, -0.25) is 4.79 Å². The Balaban J connectivity index is 1.57. The van der Waals surface area contributed by atoms with Gasteiger partial charge in [-0.25, -0.2) is 0 Å². The number of hydrogen-bond donors (Lipinski definition) is 1. The monoisotopic (exact) mass is 363 g/mol. The number of nitrogens with one attached hydrogen (secondary N) is 1. The fourth-order valence-electron chi connectivity index (χ4n) is 3.98. The number of carbonyl (C=O) groups is 1. The number of benzene rings is 1. The summed E-state index contributed by atoms with van der Waals surface area (Å²) in [6.07, 6.45) is 9.51. The first-order valence-corrected chi connectivity index (χ1v) is 9.45. The molecule has 1 amide bonds. The largest absolute Gasteiger partial charge is 0.353 e. The fraction of sp³-hybridized carbons (Fsp3) is 0.632. The van der Waals surface area contributed by atoms with Gasteiger partial charge in [0.25, 0.3) is 0 Å². The Bertz CT molecular complexity index is 515. The smallest absolute Gasteiger partial charge is 0.220 e. The van der Waals surface area contributed by atoms with Crippen LogP contribution in [0.4, 0.5) is 0 Å². The van der Waals surface area contributed by atoms with E-state index in [0.29, 0.717) is 5.92 Å². The summed E-state index contributed by atoms with van der Waals surface area (Å²) in [6, 6.07) is 8.82. The standard InChI is InChI=1S/C19H26BrNO/c1-14(21-18(22)13-15-5-3-2-4-6-15)19(11-12-19)16-7-9-17(20)10-8-16/h7-10,14-15H,2-6,11-13H2,1H3,(H,21,22). The van der Waals surface area contributed by atoms with Gasteiger partial charge >= 0.3 is 0 Å². The van der Waals surface area contributed by atoms with E-state index >= 15 is 0 Å². The molecule has 3 heteroatoms. The van der Waals surface area contributed by atoms with Crippen molar-refractivity contribution >= 4 is 21.8 Å². The van der Waals surface area contributed by atoms with Crippen molar-refractivity contribution in [3.05, 3.63) is 34.3 Å². The van der Waals surface area contributed by atoms with Gasteiger partial charge in [-0.2, -0.15) is 0 Å². The van der Waals surface area contributed by atoms with Gasteiger partial charge in [0.15, 0.2) is 0 Å². The van der Waals surface area contributed by atoms with Crippen LogP contribution in [-0.2, 0) is 10.2 Å². The van der Waals surface area contributed by atoms with Crippen LogP contribution in [0.3, 0.4) is 0 Å². The van der Waals surface area contributed by atoms with E-state index in [4.69, 9.17) is 0 Å². The molecule has 2 nitrogen and oxygen atoms in total. The first kappa shape index (κ1) is 16.0. The molecule has 1 aromatic rings. The van der Waals surface area contributed by atoms with Crippen LogP contribution in [-0.4, -0.2) is 11.9 Å². The Morgan fingerprint density at radius 1 is 1.23 bits per heavy atom. The highest BCUT2D eigenvalue weighted by molar-refractivity contribution is 9.10. The summed E-state index contributed by atoms with van der Waals surface area (Å²) in [5.41, 5.74) is 1.53. The second-order valence-corrected chi connectivity index (χ2v) is 8.08. The minimum Gasteiger partial charge on any atom is -0.353 e. The molecule has 1 aromatic carbocycles. The maximum atomic E-state index is 12.4. The molecule has 0 aromatic heterocycles. The second-order valence-electron chi connectivity index (χ2n) is 7.16. The number of halogens is 1. The SMILES string of the molecule is CC(NC(=O)CC1CCCCC1)C1(c2ccc(Br)cc2)CC1. The molecule has 0 radical (unpaired) electrons. The van der Waals surface area contributed by atoms with Crippen molar-refractivity contribution in [2.75, 3.05) is 0 Å². The van der Waals surface area contributed by atoms with Crippen LogP contribution < -0.4 is 5.32 Å². The summed E-state index contributed by atoms with van der Waals surface area (Å²) >= 11 is 3.50. The predicted octanol–water partition coefficient (Wildman–Crippen LogP) is 4.96. The molecule has 1 atom stereocenters. The van der Waals surface area contributed by atoms with Gasteiger partial charge in [0.1, 0.15) is 0 Å². The third-order valence-corrected chi connectivity index (χ3v) is 6.14. The van der Waals surface area contributed by atoms with Crippen molar-refractivity contribution in [2.45, 2.75) is 69.7 Å². The Hall–Kier alpha value is -0.830. The van der Waals surface area contributed by atoms with E-state index in [1.807, 2.05) is 0 Å². The summed E-state index contributed by atoms with van der Waals surface area (Å²) in [6.45, 7) is 2.17. The second kappa shape index (κ2) is 6.74. The minimum absolute atomic E-state index is 0.170. The van der Waals surface area contributed by atoms with Gasteiger partial charge in [0.2, 0.25) is 5.91 Å². The van der Waals surface area contributed by atoms with E-state index in [0.717, 1.165) is 10.9 Å². The molecule has 0 heterocycles. The van der Waals surface area contributed by atoms with E-state index in [9.17, 15) is 4.79 Å². The third-order valence-electron chi connectivity index (χ3n) is 5.61. The molecule has 22 heavy (non-hydrogen) atoms. The fourth-order valence-corrected chi connectivity index (χ4v) is 4.24. The molecule has 2 saturated carbocycles. The Morgan fingerprint density at radius 2 is 1.86 bits per heavy atom. The molecule has 2 aliphatic carbocycles. The average Bonchev–Trinajstić information content (AvgIpc) is 3.30.